The van der Waals surface area contributed by atoms with Crippen LogP contribution in [0.5, 0.6) is 5.75 Å². The van der Waals surface area contributed by atoms with E-state index in [1.54, 1.807) is 40.0 Å². The van der Waals surface area contributed by atoms with E-state index in [4.69, 9.17) is 9.47 Å². The highest BCUT2D eigenvalue weighted by Gasteiger charge is 2.40. The van der Waals surface area contributed by atoms with Crippen LogP contribution in [0.15, 0.2) is 53.4 Å². The number of likely N-dealkylation sites (N-methyl/N-ethyl adjacent to an activating group) is 1. The zero-order valence-corrected chi connectivity index (χ0v) is 22.1. The molecule has 0 radical (unpaired) electrons. The van der Waals surface area contributed by atoms with Gasteiger partial charge in [-0.3, -0.25) is 4.79 Å². The number of methoxy groups -OCH3 is 1. The van der Waals surface area contributed by atoms with Crippen molar-refractivity contribution in [2.45, 2.75) is 50.2 Å². The normalized spacial score (nSPS) is 16.0. The molecular weight excluding hydrogens is 484 g/mol. The Morgan fingerprint density at radius 3 is 1.94 bits per heavy atom. The Morgan fingerprint density at radius 1 is 1.00 bits per heavy atom. The van der Waals surface area contributed by atoms with Crippen LogP contribution in [0.4, 0.5) is 4.79 Å². The maximum Gasteiger partial charge on any atom is 0.410 e. The van der Waals surface area contributed by atoms with Crippen LogP contribution < -0.4 is 4.74 Å². The van der Waals surface area contributed by atoms with Crippen molar-refractivity contribution in [3.63, 3.8) is 0 Å². The topological polar surface area (TPSA) is 113 Å². The predicted molar refractivity (Wildman–Crippen MR) is 135 cm³/mol. The van der Waals surface area contributed by atoms with Gasteiger partial charge in [-0.15, -0.1) is 0 Å². The van der Waals surface area contributed by atoms with Crippen LogP contribution in [0, 0.1) is 5.92 Å². The van der Waals surface area contributed by atoms with Crippen LogP contribution in [0.25, 0.3) is 11.1 Å². The summed E-state index contributed by atoms with van der Waals surface area (Å²) < 4.78 is 38.2. The van der Waals surface area contributed by atoms with Crippen molar-refractivity contribution in [2.75, 3.05) is 27.2 Å². The van der Waals surface area contributed by atoms with Crippen LogP contribution in [0.3, 0.4) is 0 Å². The molecule has 0 bridgehead atoms. The molecule has 1 heterocycles. The lowest BCUT2D eigenvalue weighted by Gasteiger charge is -2.37. The molecule has 1 saturated heterocycles. The van der Waals surface area contributed by atoms with E-state index in [0.29, 0.717) is 25.9 Å². The minimum absolute atomic E-state index is 0.0136. The molecule has 3 rings (SSSR count). The summed E-state index contributed by atoms with van der Waals surface area (Å²) in [5, 5.41) is 9.95. The smallest absolute Gasteiger partial charge is 0.410 e. The zero-order valence-electron chi connectivity index (χ0n) is 21.3. The number of aliphatic carboxylic acids is 1. The number of carbonyl (C=O) groups excluding carboxylic acids is 1. The third kappa shape index (κ3) is 6.36. The molecule has 1 fully saturated rings. The van der Waals surface area contributed by atoms with Crippen molar-refractivity contribution in [1.82, 2.24) is 9.21 Å². The fourth-order valence-corrected chi connectivity index (χ4v) is 5.67. The standard InChI is InChI=1S/C26H34N2O7S/c1-26(2,3)35-25(31)28-16-14-20(15-17-28)23(24(29)30)27(4)36(32,33)22-12-8-19(9-13-22)18-6-10-21(34-5)11-7-18/h6-13,20,23H,14-17H2,1-5H3,(H,29,30)/t23-/m1/s1. The van der Waals surface area contributed by atoms with Crippen LogP contribution in [0.1, 0.15) is 33.6 Å². The van der Waals surface area contributed by atoms with Crippen LogP contribution in [0.2, 0.25) is 0 Å². The van der Waals surface area contributed by atoms with Gasteiger partial charge in [0.05, 0.1) is 12.0 Å². The summed E-state index contributed by atoms with van der Waals surface area (Å²) >= 11 is 0. The van der Waals surface area contributed by atoms with Crippen molar-refractivity contribution in [3.8, 4) is 16.9 Å². The van der Waals surface area contributed by atoms with Gasteiger partial charge in [0.15, 0.2) is 0 Å². The SMILES string of the molecule is COc1ccc(-c2ccc(S(=O)(=O)N(C)[C@@H](C(=O)O)C3CCN(C(=O)OC(C)(C)C)CC3)cc2)cc1. The number of carbonyl (C=O) groups is 2. The maximum absolute atomic E-state index is 13.3. The average molecular weight is 519 g/mol. The van der Waals surface area contributed by atoms with Gasteiger partial charge < -0.3 is 19.5 Å². The molecule has 2 aromatic rings. The molecule has 1 amide bonds. The van der Waals surface area contributed by atoms with Crippen molar-refractivity contribution >= 4 is 22.1 Å². The molecule has 0 unspecified atom stereocenters. The number of carboxylic acid groups (broad SMARTS) is 1. The first-order valence-electron chi connectivity index (χ1n) is 11.8. The summed E-state index contributed by atoms with van der Waals surface area (Å²) in [6.45, 7) is 5.94. The molecule has 1 N–H and O–H groups in total. The van der Waals surface area contributed by atoms with E-state index in [1.165, 1.54) is 24.1 Å². The summed E-state index contributed by atoms with van der Waals surface area (Å²) in [6.07, 6.45) is 0.254. The molecule has 10 heteroatoms. The Bertz CT molecular complexity index is 1160. The molecule has 196 valence electrons. The Hall–Kier alpha value is -3.11. The predicted octanol–water partition coefficient (Wildman–Crippen LogP) is 4.08. The van der Waals surface area contributed by atoms with Crippen molar-refractivity contribution in [3.05, 3.63) is 48.5 Å². The maximum atomic E-state index is 13.3. The molecular formula is C26H34N2O7S. The van der Waals surface area contributed by atoms with E-state index >= 15 is 0 Å². The lowest BCUT2D eigenvalue weighted by atomic mass is 9.89. The molecule has 2 aromatic carbocycles. The van der Waals surface area contributed by atoms with E-state index in [9.17, 15) is 23.1 Å². The number of sulfonamides is 1. The summed E-state index contributed by atoms with van der Waals surface area (Å²) in [5.74, 6) is -0.942. The highest BCUT2D eigenvalue weighted by atomic mass is 32.2. The monoisotopic (exact) mass is 518 g/mol. The molecule has 0 aliphatic carbocycles. The Labute approximate surface area is 212 Å². The minimum Gasteiger partial charge on any atom is -0.497 e. The Balaban J connectivity index is 1.73. The first kappa shape index (κ1) is 27.5. The molecule has 1 aliphatic rings. The van der Waals surface area contributed by atoms with Gasteiger partial charge in [-0.25, -0.2) is 13.2 Å². The second-order valence-corrected chi connectivity index (χ2v) is 11.9. The molecule has 1 atom stereocenters. The lowest BCUT2D eigenvalue weighted by molar-refractivity contribution is -0.143. The summed E-state index contributed by atoms with van der Waals surface area (Å²) in [4.78, 5) is 26.1. The first-order valence-corrected chi connectivity index (χ1v) is 13.2. The van der Waals surface area contributed by atoms with Gasteiger partial charge >= 0.3 is 12.1 Å². The number of benzene rings is 2. The summed E-state index contributed by atoms with van der Waals surface area (Å²) in [5.41, 5.74) is 1.09. The average Bonchev–Trinajstić information content (AvgIpc) is 2.83. The molecule has 36 heavy (non-hydrogen) atoms. The number of rotatable bonds is 7. The third-order valence-electron chi connectivity index (χ3n) is 6.24. The van der Waals surface area contributed by atoms with Crippen LogP contribution >= 0.6 is 0 Å². The molecule has 9 nitrogen and oxygen atoms in total. The van der Waals surface area contributed by atoms with Crippen LogP contribution in [-0.2, 0) is 19.6 Å². The van der Waals surface area contributed by atoms with E-state index < -0.39 is 39.6 Å². The number of amides is 1. The van der Waals surface area contributed by atoms with Gasteiger partial charge in [-0.05, 0) is 74.9 Å². The first-order chi connectivity index (χ1) is 16.8. The number of piperidine rings is 1. The van der Waals surface area contributed by atoms with Gasteiger partial charge in [-0.1, -0.05) is 24.3 Å². The van der Waals surface area contributed by atoms with Gasteiger partial charge in [-0.2, -0.15) is 4.31 Å². The van der Waals surface area contributed by atoms with Gasteiger partial charge in [0.2, 0.25) is 10.0 Å². The van der Waals surface area contributed by atoms with Crippen molar-refractivity contribution < 1.29 is 32.6 Å². The van der Waals surface area contributed by atoms with E-state index in [0.717, 1.165) is 21.2 Å². The second-order valence-electron chi connectivity index (χ2n) is 9.86. The van der Waals surface area contributed by atoms with E-state index in [1.807, 2.05) is 24.3 Å². The zero-order chi connectivity index (χ0) is 26.7. The molecule has 1 aliphatic heterocycles. The minimum atomic E-state index is -4.07. The fraction of sp³-hybridized carbons (Fsp3) is 0.462. The van der Waals surface area contributed by atoms with Gasteiger partial charge in [0.1, 0.15) is 17.4 Å². The van der Waals surface area contributed by atoms with Gasteiger partial charge in [0.25, 0.3) is 0 Å². The van der Waals surface area contributed by atoms with E-state index in [2.05, 4.69) is 0 Å². The summed E-state index contributed by atoms with van der Waals surface area (Å²) in [6, 6.07) is 12.5. The molecule has 0 spiro atoms. The Morgan fingerprint density at radius 2 is 1.50 bits per heavy atom. The highest BCUT2D eigenvalue weighted by molar-refractivity contribution is 7.89. The van der Waals surface area contributed by atoms with Crippen molar-refractivity contribution in [2.24, 2.45) is 5.92 Å². The summed E-state index contributed by atoms with van der Waals surface area (Å²) in [7, 11) is -1.19. The van der Waals surface area contributed by atoms with Gasteiger partial charge in [0, 0.05) is 20.1 Å². The van der Waals surface area contributed by atoms with Crippen LogP contribution in [-0.4, -0.2) is 73.7 Å². The number of carboxylic acids is 1. The van der Waals surface area contributed by atoms with E-state index in [-0.39, 0.29) is 4.90 Å². The fourth-order valence-electron chi connectivity index (χ4n) is 4.30. The second kappa shape index (κ2) is 10.9. The number of nitrogens with zero attached hydrogens (tertiary/aromatic N) is 2. The van der Waals surface area contributed by atoms with Crippen molar-refractivity contribution in [1.29, 1.82) is 0 Å². The highest BCUT2D eigenvalue weighted by Crippen LogP contribution is 2.30. The molecule has 0 aromatic heterocycles. The quantitative estimate of drug-likeness (QED) is 0.587. The number of hydrogen-bond acceptors (Lipinski definition) is 6. The number of ether oxygens (including phenoxy) is 2. The number of hydrogen-bond donors (Lipinski definition) is 1. The molecule has 0 saturated carbocycles. The lowest BCUT2D eigenvalue weighted by Crippen LogP contribution is -2.51. The third-order valence-corrected chi connectivity index (χ3v) is 8.09. The Kier molecular flexibility index (Phi) is 8.30. The largest absolute Gasteiger partial charge is 0.497 e. The number of likely N-dealkylation sites (tertiary alicyclic amines) is 1.